The highest BCUT2D eigenvalue weighted by Gasteiger charge is 2.67. The summed E-state index contributed by atoms with van der Waals surface area (Å²) in [5.74, 6) is -9.79. The Morgan fingerprint density at radius 2 is 1.75 bits per heavy atom. The zero-order valence-electron chi connectivity index (χ0n) is 34.0. The minimum Gasteiger partial charge on any atom is -0.344 e. The van der Waals surface area contributed by atoms with Crippen LogP contribution in [0.4, 0.5) is 40.9 Å². The fraction of sp³-hybridized carbons (Fsp3) is 0.366. The third-order valence-electron chi connectivity index (χ3n) is 11.5. The van der Waals surface area contributed by atoms with Crippen LogP contribution in [0.1, 0.15) is 77.8 Å². The van der Waals surface area contributed by atoms with E-state index < -0.39 is 112 Å². The standard InChI is InChI=1S/C41H34ClF8N9O4S2/c1-16-35(64-17(2)51-16)19-4-5-22-26(11-19)53-39(59(40(22)61)28-7-6-25(42)32-34(28)57(14-29(45)46)55-38(32)56-65(3,62)63)27(10-18-8-20(43)12-21(44)9-18)52-30(60)15-58-36-31(33(54-58)37(47)48)23-13-24(23)41(36,49)50/h4-9,11-12,16,23-24,27,29,35,37H,10,13-15H2,1-3H3,(H,52,60)(H,55,56)/t16?,23-,24+,27-,35?/m0/s1. The lowest BCUT2D eigenvalue weighted by atomic mass is 10.0. The number of sulfonamides is 1. The maximum absolute atomic E-state index is 15.6. The van der Waals surface area contributed by atoms with Gasteiger partial charge in [0.15, 0.2) is 5.82 Å². The summed E-state index contributed by atoms with van der Waals surface area (Å²) in [6.45, 7) is 1.52. The van der Waals surface area contributed by atoms with Crippen LogP contribution in [-0.4, -0.2) is 67.2 Å². The van der Waals surface area contributed by atoms with Gasteiger partial charge in [0.05, 0.1) is 61.1 Å². The van der Waals surface area contributed by atoms with Crippen molar-refractivity contribution in [1.29, 1.82) is 0 Å². The van der Waals surface area contributed by atoms with Crippen LogP contribution in [0.25, 0.3) is 27.5 Å². The summed E-state index contributed by atoms with van der Waals surface area (Å²) in [7, 11) is -4.12. The number of anilines is 1. The molecule has 3 aliphatic rings. The maximum atomic E-state index is 15.6. The van der Waals surface area contributed by atoms with Crippen LogP contribution >= 0.6 is 23.4 Å². The number of hydrogen-bond donors (Lipinski definition) is 2. The Bertz CT molecular complexity index is 3160. The predicted octanol–water partition coefficient (Wildman–Crippen LogP) is 8.34. The fourth-order valence-corrected chi connectivity index (χ4v) is 10.8. The van der Waals surface area contributed by atoms with Crippen LogP contribution in [0, 0.1) is 17.6 Å². The molecule has 6 aromatic rings. The first-order chi connectivity index (χ1) is 30.6. The number of aromatic nitrogens is 6. The SMILES string of the molecule is CC1=NC(C)C(c2ccc3c(=O)n(-c4ccc(Cl)c5c(NS(C)(=O)=O)nn(CC(F)F)c45)c([C@H](Cc4cc(F)cc(F)c4)NC(=O)Cn4nc(C(F)F)c5c4C(F)(F)[C@@H]4C[C@H]54)nc3c2)S1. The number of rotatable bonds is 13. The third-order valence-corrected chi connectivity index (χ3v) is 13.7. The summed E-state index contributed by atoms with van der Waals surface area (Å²) < 4.78 is 147. The van der Waals surface area contributed by atoms with E-state index >= 15 is 13.6 Å². The molecule has 65 heavy (non-hydrogen) atoms. The number of nitrogens with one attached hydrogen (secondary N) is 2. The third kappa shape index (κ3) is 8.12. The Kier molecular flexibility index (Phi) is 11.1. The summed E-state index contributed by atoms with van der Waals surface area (Å²) >= 11 is 8.05. The van der Waals surface area contributed by atoms with Crippen LogP contribution in [0.3, 0.4) is 0 Å². The number of hydrogen-bond acceptors (Lipinski definition) is 9. The molecule has 3 aromatic heterocycles. The Balaban J connectivity index is 1.27. The molecule has 0 spiro atoms. The molecule has 4 heterocycles. The van der Waals surface area contributed by atoms with Gasteiger partial charge < -0.3 is 5.32 Å². The lowest BCUT2D eigenvalue weighted by molar-refractivity contribution is -0.123. The average Bonchev–Trinajstić information content (AvgIpc) is 3.53. The molecule has 2 unspecified atom stereocenters. The fourth-order valence-electron chi connectivity index (χ4n) is 8.96. The van der Waals surface area contributed by atoms with Gasteiger partial charge in [0.25, 0.3) is 24.3 Å². The summed E-state index contributed by atoms with van der Waals surface area (Å²) in [4.78, 5) is 38.7. The van der Waals surface area contributed by atoms with Crippen LogP contribution < -0.4 is 15.6 Å². The van der Waals surface area contributed by atoms with Gasteiger partial charge >= 0.3 is 0 Å². The first-order valence-corrected chi connectivity index (χ1v) is 23.0. The molecule has 3 aromatic carbocycles. The van der Waals surface area contributed by atoms with Crippen molar-refractivity contribution in [2.45, 2.75) is 81.8 Å². The maximum Gasteiger partial charge on any atom is 0.293 e. The Morgan fingerprint density at radius 1 is 1.03 bits per heavy atom. The van der Waals surface area contributed by atoms with Crippen molar-refractivity contribution in [2.75, 3.05) is 11.0 Å². The molecule has 1 fully saturated rings. The second kappa shape index (κ2) is 16.1. The van der Waals surface area contributed by atoms with E-state index in [0.29, 0.717) is 16.3 Å². The van der Waals surface area contributed by atoms with E-state index in [2.05, 4.69) is 25.2 Å². The summed E-state index contributed by atoms with van der Waals surface area (Å²) in [6.07, 6.45) is -6.16. The van der Waals surface area contributed by atoms with Gasteiger partial charge in [-0.3, -0.25) is 33.2 Å². The minimum atomic E-state index is -4.12. The number of halogens is 9. The van der Waals surface area contributed by atoms with Gasteiger partial charge in [0.1, 0.15) is 41.9 Å². The van der Waals surface area contributed by atoms with Crippen LogP contribution in [0.5, 0.6) is 0 Å². The second-order valence-corrected chi connectivity index (χ2v) is 19.7. The normalized spacial score (nSPS) is 20.4. The first kappa shape index (κ1) is 44.6. The van der Waals surface area contributed by atoms with Crippen LogP contribution in [0.2, 0.25) is 5.02 Å². The zero-order chi connectivity index (χ0) is 46.6. The molecular weight excluding hydrogens is 934 g/mol. The summed E-state index contributed by atoms with van der Waals surface area (Å²) in [5.41, 5.74) is -2.90. The molecule has 0 saturated heterocycles. The lowest BCUT2D eigenvalue weighted by Gasteiger charge is -2.24. The molecule has 0 radical (unpaired) electrons. The summed E-state index contributed by atoms with van der Waals surface area (Å²) in [6, 6.07) is 7.79. The molecule has 9 rings (SSSR count). The first-order valence-electron chi connectivity index (χ1n) is 19.8. The Hall–Kier alpha value is -5.55. The largest absolute Gasteiger partial charge is 0.344 e. The smallest absolute Gasteiger partial charge is 0.293 e. The minimum absolute atomic E-state index is 0.0387. The van der Waals surface area contributed by atoms with E-state index in [1.54, 1.807) is 12.1 Å². The van der Waals surface area contributed by atoms with Gasteiger partial charge in [0.2, 0.25) is 15.9 Å². The average molecular weight is 968 g/mol. The number of fused-ring (bicyclic) bond motifs is 5. The van der Waals surface area contributed by atoms with E-state index in [0.717, 1.165) is 32.7 Å². The molecule has 342 valence electrons. The van der Waals surface area contributed by atoms with Gasteiger partial charge in [-0.15, -0.1) is 11.8 Å². The number of carbonyl (C=O) groups excluding carboxylic acids is 1. The highest BCUT2D eigenvalue weighted by Crippen LogP contribution is 2.68. The monoisotopic (exact) mass is 967 g/mol. The number of aliphatic imine (C=N–C) groups is 1. The molecule has 0 bridgehead atoms. The van der Waals surface area contributed by atoms with E-state index in [9.17, 15) is 39.6 Å². The number of alkyl halides is 6. The van der Waals surface area contributed by atoms with E-state index in [-0.39, 0.29) is 61.4 Å². The van der Waals surface area contributed by atoms with Crippen LogP contribution in [-0.2, 0) is 40.3 Å². The van der Waals surface area contributed by atoms with Crippen molar-refractivity contribution in [1.82, 2.24) is 34.4 Å². The van der Waals surface area contributed by atoms with Gasteiger partial charge in [0, 0.05) is 24.0 Å². The molecule has 1 aliphatic heterocycles. The molecule has 2 N–H and O–H groups in total. The molecule has 1 saturated carbocycles. The molecule has 24 heteroatoms. The van der Waals surface area contributed by atoms with Gasteiger partial charge in [-0.25, -0.2) is 39.7 Å². The molecule has 5 atom stereocenters. The quantitative estimate of drug-likeness (QED) is 0.109. The van der Waals surface area contributed by atoms with Gasteiger partial charge in [-0.1, -0.05) is 17.7 Å². The van der Waals surface area contributed by atoms with Crippen LogP contribution in [0.15, 0.2) is 58.3 Å². The number of thioether (sulfide) groups is 1. The predicted molar refractivity (Wildman–Crippen MR) is 226 cm³/mol. The molecular formula is C41H34ClF8N9O4S2. The number of benzene rings is 3. The van der Waals surface area contributed by atoms with E-state index in [4.69, 9.17) is 16.6 Å². The van der Waals surface area contributed by atoms with Gasteiger partial charge in [-0.2, -0.15) is 19.0 Å². The Morgan fingerprint density at radius 3 is 2.40 bits per heavy atom. The molecule has 2 aliphatic carbocycles. The Labute approximate surface area is 372 Å². The number of nitrogens with zero attached hydrogens (tertiary/aromatic N) is 7. The highest BCUT2D eigenvalue weighted by molar-refractivity contribution is 8.14. The zero-order valence-corrected chi connectivity index (χ0v) is 36.4. The topological polar surface area (TPSA) is 158 Å². The second-order valence-electron chi connectivity index (χ2n) is 16.2. The lowest BCUT2D eigenvalue weighted by Crippen LogP contribution is -2.38. The number of carbonyl (C=O) groups is 1. The van der Waals surface area contributed by atoms with E-state index in [1.807, 2.05) is 13.8 Å². The molecule has 1 amide bonds. The summed E-state index contributed by atoms with van der Waals surface area (Å²) in [5, 5.41) is 10.5. The highest BCUT2D eigenvalue weighted by atomic mass is 35.5. The number of amides is 1. The van der Waals surface area contributed by atoms with Crippen molar-refractivity contribution in [3.05, 3.63) is 109 Å². The van der Waals surface area contributed by atoms with Crippen molar-refractivity contribution in [3.63, 3.8) is 0 Å². The van der Waals surface area contributed by atoms with Crippen molar-refractivity contribution < 1.29 is 48.3 Å². The molecule has 13 nitrogen and oxygen atoms in total. The van der Waals surface area contributed by atoms with Gasteiger partial charge in [-0.05, 0) is 73.7 Å². The van der Waals surface area contributed by atoms with E-state index in [1.165, 1.54) is 30.0 Å². The van der Waals surface area contributed by atoms with Crippen molar-refractivity contribution >= 4 is 72.0 Å². The van der Waals surface area contributed by atoms with Crippen molar-refractivity contribution in [3.8, 4) is 5.69 Å². The van der Waals surface area contributed by atoms with Crippen molar-refractivity contribution in [2.24, 2.45) is 10.9 Å².